The summed E-state index contributed by atoms with van der Waals surface area (Å²) >= 11 is 6.13. The maximum absolute atomic E-state index is 12.4. The minimum Gasteiger partial charge on any atom is -0.495 e. The number of aromatic nitrogens is 4. The molecule has 0 unspecified atom stereocenters. The van der Waals surface area contributed by atoms with Gasteiger partial charge in [-0.1, -0.05) is 11.6 Å². The van der Waals surface area contributed by atoms with Crippen LogP contribution in [0.5, 0.6) is 5.75 Å². The number of benzene rings is 1. The smallest absolute Gasteiger partial charge is 0.275 e. The molecule has 0 saturated heterocycles. The zero-order valence-electron chi connectivity index (χ0n) is 13.9. The van der Waals surface area contributed by atoms with Crippen molar-refractivity contribution in [2.24, 2.45) is 7.05 Å². The van der Waals surface area contributed by atoms with Crippen LogP contribution in [0.25, 0.3) is 11.3 Å². The molecule has 0 bridgehead atoms. The Morgan fingerprint density at radius 2 is 2.00 bits per heavy atom. The van der Waals surface area contributed by atoms with E-state index >= 15 is 0 Å². The Balaban J connectivity index is 1.86. The first-order valence-corrected chi connectivity index (χ1v) is 7.87. The lowest BCUT2D eigenvalue weighted by atomic mass is 10.1. The van der Waals surface area contributed by atoms with Gasteiger partial charge in [-0.05, 0) is 30.3 Å². The Morgan fingerprint density at radius 1 is 1.19 bits per heavy atom. The summed E-state index contributed by atoms with van der Waals surface area (Å²) in [6.45, 7) is 0. The molecule has 0 aliphatic carbocycles. The van der Waals surface area contributed by atoms with E-state index in [2.05, 4.69) is 20.4 Å². The second-order valence-corrected chi connectivity index (χ2v) is 5.68. The highest BCUT2D eigenvalue weighted by atomic mass is 35.5. The summed E-state index contributed by atoms with van der Waals surface area (Å²) < 4.78 is 6.25. The molecule has 1 N–H and O–H groups in total. The van der Waals surface area contributed by atoms with Gasteiger partial charge in [0.05, 0.1) is 17.8 Å². The van der Waals surface area contributed by atoms with Crippen molar-refractivity contribution in [2.45, 2.75) is 0 Å². The summed E-state index contributed by atoms with van der Waals surface area (Å²) in [6.07, 6.45) is 1.29. The lowest BCUT2D eigenvalue weighted by Crippen LogP contribution is -2.22. The molecule has 0 aliphatic rings. The van der Waals surface area contributed by atoms with Gasteiger partial charge in [-0.15, -0.1) is 0 Å². The average Bonchev–Trinajstić information content (AvgIpc) is 2.64. The van der Waals surface area contributed by atoms with Crippen LogP contribution >= 0.6 is 11.6 Å². The number of hydrogen-bond donors (Lipinski definition) is 1. The van der Waals surface area contributed by atoms with E-state index in [0.717, 1.165) is 4.68 Å². The van der Waals surface area contributed by atoms with Crippen LogP contribution in [0.3, 0.4) is 0 Å². The van der Waals surface area contributed by atoms with Crippen molar-refractivity contribution in [3.8, 4) is 17.0 Å². The van der Waals surface area contributed by atoms with Gasteiger partial charge in [0.1, 0.15) is 17.8 Å². The summed E-state index contributed by atoms with van der Waals surface area (Å²) in [6, 6.07) is 9.46. The number of ether oxygens (including phenoxy) is 1. The molecule has 132 valence electrons. The second-order valence-electron chi connectivity index (χ2n) is 5.27. The van der Waals surface area contributed by atoms with Gasteiger partial charge in [-0.2, -0.15) is 5.10 Å². The number of nitrogens with one attached hydrogen (secondary N) is 1. The lowest BCUT2D eigenvalue weighted by Gasteiger charge is -2.08. The number of anilines is 1. The molecule has 0 radical (unpaired) electrons. The summed E-state index contributed by atoms with van der Waals surface area (Å²) in [5.74, 6) is 0.312. The van der Waals surface area contributed by atoms with Crippen molar-refractivity contribution in [2.75, 3.05) is 12.4 Å². The van der Waals surface area contributed by atoms with Gasteiger partial charge in [0.25, 0.3) is 11.5 Å². The van der Waals surface area contributed by atoms with Gasteiger partial charge in [0.2, 0.25) is 0 Å². The fraction of sp³-hybridized carbons (Fsp3) is 0.118. The Bertz CT molecular complexity index is 1030. The molecule has 3 rings (SSSR count). The molecule has 2 aromatic heterocycles. The predicted octanol–water partition coefficient (Wildman–Crippen LogP) is 2.15. The highest BCUT2D eigenvalue weighted by Crippen LogP contribution is 2.29. The summed E-state index contributed by atoms with van der Waals surface area (Å²) in [7, 11) is 3.02. The third-order valence-corrected chi connectivity index (χ3v) is 3.84. The quantitative estimate of drug-likeness (QED) is 0.754. The number of amides is 1. The number of carbonyl (C=O) groups is 1. The highest BCUT2D eigenvalue weighted by molar-refractivity contribution is 6.32. The molecular weight excluding hydrogens is 358 g/mol. The molecule has 0 saturated carbocycles. The average molecular weight is 372 g/mol. The topological polar surface area (TPSA) is 99.0 Å². The molecule has 0 spiro atoms. The van der Waals surface area contributed by atoms with E-state index in [1.54, 1.807) is 18.2 Å². The largest absolute Gasteiger partial charge is 0.495 e. The van der Waals surface area contributed by atoms with E-state index in [4.69, 9.17) is 16.3 Å². The standard InChI is InChI=1S/C17H14ClN5O3/c1-23-16(24)6-5-15(22-23)21-17(25)13-8-12(19-9-20-13)10-3-4-14(26-2)11(18)7-10/h3-9H,1-2H3,(H,21,22,25). The van der Waals surface area contributed by atoms with Crippen LogP contribution in [0.1, 0.15) is 10.5 Å². The Labute approximate surface area is 153 Å². The zero-order valence-corrected chi connectivity index (χ0v) is 14.7. The molecule has 26 heavy (non-hydrogen) atoms. The normalized spacial score (nSPS) is 10.4. The molecule has 1 amide bonds. The van der Waals surface area contributed by atoms with Gasteiger partial charge in [0, 0.05) is 18.7 Å². The van der Waals surface area contributed by atoms with E-state index in [1.807, 2.05) is 0 Å². The first-order valence-electron chi connectivity index (χ1n) is 7.49. The van der Waals surface area contributed by atoms with Gasteiger partial charge in [-0.3, -0.25) is 9.59 Å². The van der Waals surface area contributed by atoms with Gasteiger partial charge >= 0.3 is 0 Å². The maximum Gasteiger partial charge on any atom is 0.275 e. The van der Waals surface area contributed by atoms with Gasteiger partial charge in [0.15, 0.2) is 5.82 Å². The molecular formula is C17H14ClN5O3. The molecule has 0 aliphatic heterocycles. The van der Waals surface area contributed by atoms with E-state index in [1.165, 1.54) is 38.7 Å². The fourth-order valence-corrected chi connectivity index (χ4v) is 2.47. The molecule has 0 fully saturated rings. The van der Waals surface area contributed by atoms with Crippen molar-refractivity contribution in [3.05, 3.63) is 63.8 Å². The van der Waals surface area contributed by atoms with Crippen LogP contribution in [0.4, 0.5) is 5.82 Å². The van der Waals surface area contributed by atoms with Crippen LogP contribution in [-0.2, 0) is 7.05 Å². The third kappa shape index (κ3) is 3.70. The number of rotatable bonds is 4. The van der Waals surface area contributed by atoms with Crippen LogP contribution in [0, 0.1) is 0 Å². The number of methoxy groups -OCH3 is 1. The molecule has 2 heterocycles. The van der Waals surface area contributed by atoms with Crippen molar-refractivity contribution < 1.29 is 9.53 Å². The van der Waals surface area contributed by atoms with Crippen molar-refractivity contribution in [1.29, 1.82) is 0 Å². The maximum atomic E-state index is 12.4. The monoisotopic (exact) mass is 371 g/mol. The summed E-state index contributed by atoms with van der Waals surface area (Å²) in [5.41, 5.74) is 1.12. The number of carbonyl (C=O) groups excluding carboxylic acids is 1. The minimum absolute atomic E-state index is 0.151. The van der Waals surface area contributed by atoms with E-state index < -0.39 is 5.91 Å². The van der Waals surface area contributed by atoms with Crippen molar-refractivity contribution >= 4 is 23.3 Å². The van der Waals surface area contributed by atoms with Crippen LogP contribution in [0.2, 0.25) is 5.02 Å². The van der Waals surface area contributed by atoms with Crippen molar-refractivity contribution in [3.63, 3.8) is 0 Å². The SMILES string of the molecule is COc1ccc(-c2cc(C(=O)Nc3ccc(=O)n(C)n3)ncn2)cc1Cl. The number of hydrogen-bond acceptors (Lipinski definition) is 6. The zero-order chi connectivity index (χ0) is 18.7. The lowest BCUT2D eigenvalue weighted by molar-refractivity contribution is 0.102. The molecule has 1 aromatic carbocycles. The van der Waals surface area contributed by atoms with Crippen LogP contribution in [-0.4, -0.2) is 32.8 Å². The van der Waals surface area contributed by atoms with Crippen molar-refractivity contribution in [1.82, 2.24) is 19.7 Å². The summed E-state index contributed by atoms with van der Waals surface area (Å²) in [4.78, 5) is 31.9. The summed E-state index contributed by atoms with van der Waals surface area (Å²) in [5, 5.41) is 6.97. The Morgan fingerprint density at radius 3 is 2.69 bits per heavy atom. The molecule has 0 atom stereocenters. The third-order valence-electron chi connectivity index (χ3n) is 3.55. The second kappa shape index (κ2) is 7.32. The van der Waals surface area contributed by atoms with Gasteiger partial charge < -0.3 is 10.1 Å². The fourth-order valence-electron chi connectivity index (χ4n) is 2.21. The van der Waals surface area contributed by atoms with E-state index in [-0.39, 0.29) is 17.1 Å². The first-order chi connectivity index (χ1) is 12.5. The molecule has 9 heteroatoms. The van der Waals surface area contributed by atoms with Crippen LogP contribution < -0.4 is 15.6 Å². The van der Waals surface area contributed by atoms with Gasteiger partial charge in [-0.25, -0.2) is 14.6 Å². The number of halogens is 1. The first kappa shape index (κ1) is 17.6. The predicted molar refractivity (Wildman–Crippen MR) is 96.5 cm³/mol. The minimum atomic E-state index is -0.473. The van der Waals surface area contributed by atoms with Crippen LogP contribution in [0.15, 0.2) is 47.5 Å². The van der Waals surface area contributed by atoms with E-state index in [9.17, 15) is 9.59 Å². The number of aryl methyl sites for hydroxylation is 1. The number of nitrogens with zero attached hydrogens (tertiary/aromatic N) is 4. The Hall–Kier alpha value is -3.26. The molecule has 3 aromatic rings. The molecule has 8 nitrogen and oxygen atoms in total. The Kier molecular flexibility index (Phi) is 4.94. The highest BCUT2D eigenvalue weighted by Gasteiger charge is 2.12. The van der Waals surface area contributed by atoms with E-state index in [0.29, 0.717) is 22.0 Å².